The van der Waals surface area contributed by atoms with E-state index in [-0.39, 0.29) is 0 Å². The standard InChI is InChI=1S/C17H18S/c1-11(2)15-6-4-5-13-9-14(10-16(13)15)17-8-7-12(3)18-17/h4-8,10-11H,9H2,1-3H3. The van der Waals surface area contributed by atoms with Crippen LogP contribution in [-0.4, -0.2) is 0 Å². The first-order valence-electron chi connectivity index (χ1n) is 6.54. The van der Waals surface area contributed by atoms with E-state index in [9.17, 15) is 0 Å². The van der Waals surface area contributed by atoms with Gasteiger partial charge in [-0.15, -0.1) is 11.3 Å². The Kier molecular flexibility index (Phi) is 2.87. The van der Waals surface area contributed by atoms with Crippen molar-refractivity contribution >= 4 is 23.0 Å². The van der Waals surface area contributed by atoms with Crippen LogP contribution < -0.4 is 0 Å². The fraction of sp³-hybridized carbons (Fsp3) is 0.294. The molecule has 0 spiro atoms. The maximum absolute atomic E-state index is 2.40. The van der Waals surface area contributed by atoms with Crippen LogP contribution in [-0.2, 0) is 6.42 Å². The molecule has 0 unspecified atom stereocenters. The molecular formula is C17H18S. The quantitative estimate of drug-likeness (QED) is 0.684. The number of hydrogen-bond acceptors (Lipinski definition) is 1. The lowest BCUT2D eigenvalue weighted by Gasteiger charge is -2.10. The molecule has 0 N–H and O–H groups in total. The third-order valence-corrected chi connectivity index (χ3v) is 4.68. The molecule has 0 aliphatic heterocycles. The maximum atomic E-state index is 2.40. The molecule has 0 saturated carbocycles. The highest BCUT2D eigenvalue weighted by atomic mass is 32.1. The lowest BCUT2D eigenvalue weighted by molar-refractivity contribution is 0.862. The fourth-order valence-corrected chi connectivity index (χ4v) is 3.54. The van der Waals surface area contributed by atoms with Gasteiger partial charge in [-0.2, -0.15) is 0 Å². The Morgan fingerprint density at radius 1 is 1.11 bits per heavy atom. The second kappa shape index (κ2) is 4.40. The van der Waals surface area contributed by atoms with Crippen molar-refractivity contribution in [3.05, 3.63) is 56.8 Å². The first-order chi connectivity index (χ1) is 8.65. The zero-order chi connectivity index (χ0) is 12.7. The van der Waals surface area contributed by atoms with Crippen molar-refractivity contribution in [1.29, 1.82) is 0 Å². The predicted octanol–water partition coefficient (Wildman–Crippen LogP) is 5.28. The van der Waals surface area contributed by atoms with Crippen molar-refractivity contribution in [1.82, 2.24) is 0 Å². The van der Waals surface area contributed by atoms with Crippen molar-refractivity contribution in [3.63, 3.8) is 0 Å². The van der Waals surface area contributed by atoms with E-state index in [0.29, 0.717) is 5.92 Å². The van der Waals surface area contributed by atoms with Crippen LogP contribution in [0.4, 0.5) is 0 Å². The molecule has 1 aromatic heterocycles. The van der Waals surface area contributed by atoms with Crippen LogP contribution >= 0.6 is 11.3 Å². The third kappa shape index (κ3) is 1.93. The van der Waals surface area contributed by atoms with Gasteiger partial charge in [-0.25, -0.2) is 0 Å². The van der Waals surface area contributed by atoms with Crippen LogP contribution in [0.5, 0.6) is 0 Å². The molecule has 1 aliphatic carbocycles. The topological polar surface area (TPSA) is 0 Å². The number of hydrogen-bond donors (Lipinski definition) is 0. The van der Waals surface area contributed by atoms with Crippen LogP contribution in [0.3, 0.4) is 0 Å². The van der Waals surface area contributed by atoms with Gasteiger partial charge in [-0.3, -0.25) is 0 Å². The highest BCUT2D eigenvalue weighted by Gasteiger charge is 2.18. The number of thiophene rings is 1. The van der Waals surface area contributed by atoms with E-state index in [4.69, 9.17) is 0 Å². The van der Waals surface area contributed by atoms with E-state index in [1.54, 1.807) is 0 Å². The molecule has 0 nitrogen and oxygen atoms in total. The van der Waals surface area contributed by atoms with Gasteiger partial charge in [0.1, 0.15) is 0 Å². The van der Waals surface area contributed by atoms with Crippen molar-refractivity contribution in [2.45, 2.75) is 33.1 Å². The van der Waals surface area contributed by atoms with Crippen molar-refractivity contribution in [2.75, 3.05) is 0 Å². The second-order valence-electron chi connectivity index (χ2n) is 5.33. The van der Waals surface area contributed by atoms with E-state index in [1.165, 1.54) is 32.0 Å². The molecule has 92 valence electrons. The maximum Gasteiger partial charge on any atom is 0.0308 e. The average Bonchev–Trinajstić information content (AvgIpc) is 2.93. The number of rotatable bonds is 2. The lowest BCUT2D eigenvalue weighted by Crippen LogP contribution is -1.93. The van der Waals surface area contributed by atoms with Gasteiger partial charge in [0, 0.05) is 9.75 Å². The first-order valence-corrected chi connectivity index (χ1v) is 7.36. The van der Waals surface area contributed by atoms with Crippen LogP contribution in [0, 0.1) is 6.92 Å². The average molecular weight is 254 g/mol. The van der Waals surface area contributed by atoms with E-state index in [2.05, 4.69) is 57.2 Å². The molecule has 1 aromatic carbocycles. The van der Waals surface area contributed by atoms with E-state index < -0.39 is 0 Å². The number of benzene rings is 1. The zero-order valence-electron chi connectivity index (χ0n) is 11.2. The fourth-order valence-electron chi connectivity index (χ4n) is 2.66. The lowest BCUT2D eigenvalue weighted by atomic mass is 9.95. The second-order valence-corrected chi connectivity index (χ2v) is 6.62. The summed E-state index contributed by atoms with van der Waals surface area (Å²) in [4.78, 5) is 2.82. The molecule has 0 atom stereocenters. The number of fused-ring (bicyclic) bond motifs is 1. The number of allylic oxidation sites excluding steroid dienone is 1. The summed E-state index contributed by atoms with van der Waals surface area (Å²) in [5, 5.41) is 0. The number of aryl methyl sites for hydroxylation is 1. The summed E-state index contributed by atoms with van der Waals surface area (Å²) in [6.45, 7) is 6.73. The normalized spacial score (nSPS) is 13.9. The van der Waals surface area contributed by atoms with Gasteiger partial charge in [0.25, 0.3) is 0 Å². The Labute approximate surface area is 113 Å². The smallest absolute Gasteiger partial charge is 0.0308 e. The molecule has 1 heteroatoms. The van der Waals surface area contributed by atoms with Crippen LogP contribution in [0.25, 0.3) is 11.6 Å². The summed E-state index contributed by atoms with van der Waals surface area (Å²) < 4.78 is 0. The molecule has 0 fully saturated rings. The van der Waals surface area contributed by atoms with E-state index in [1.807, 2.05) is 11.3 Å². The minimum Gasteiger partial charge on any atom is -0.141 e. The van der Waals surface area contributed by atoms with Crippen LogP contribution in [0.2, 0.25) is 0 Å². The molecule has 0 bridgehead atoms. The van der Waals surface area contributed by atoms with Crippen molar-refractivity contribution in [3.8, 4) is 0 Å². The van der Waals surface area contributed by atoms with Crippen molar-refractivity contribution < 1.29 is 0 Å². The van der Waals surface area contributed by atoms with Gasteiger partial charge in [0.2, 0.25) is 0 Å². The summed E-state index contributed by atoms with van der Waals surface area (Å²) in [5.74, 6) is 0.598. The highest BCUT2D eigenvalue weighted by Crippen LogP contribution is 2.37. The van der Waals surface area contributed by atoms with Crippen molar-refractivity contribution in [2.24, 2.45) is 0 Å². The zero-order valence-corrected chi connectivity index (χ0v) is 12.0. The molecule has 0 saturated heterocycles. The first kappa shape index (κ1) is 11.7. The molecule has 2 aromatic rings. The monoisotopic (exact) mass is 254 g/mol. The summed E-state index contributed by atoms with van der Waals surface area (Å²) in [6.07, 6.45) is 3.49. The molecule has 3 rings (SSSR count). The van der Waals surface area contributed by atoms with Gasteiger partial charge < -0.3 is 0 Å². The van der Waals surface area contributed by atoms with Gasteiger partial charge in [0.15, 0.2) is 0 Å². The Bertz CT molecular complexity index is 614. The SMILES string of the molecule is Cc1ccc(C2=Cc3c(cccc3C(C)C)C2)s1. The Hall–Kier alpha value is -1.34. The Morgan fingerprint density at radius 3 is 2.61 bits per heavy atom. The molecule has 1 heterocycles. The van der Waals surface area contributed by atoms with Gasteiger partial charge in [-0.1, -0.05) is 32.0 Å². The van der Waals surface area contributed by atoms with Gasteiger partial charge in [0.05, 0.1) is 0 Å². The largest absolute Gasteiger partial charge is 0.141 e. The third-order valence-electron chi connectivity index (χ3n) is 3.61. The van der Waals surface area contributed by atoms with Crippen LogP contribution in [0.15, 0.2) is 30.3 Å². The molecule has 1 aliphatic rings. The van der Waals surface area contributed by atoms with E-state index >= 15 is 0 Å². The minimum absolute atomic E-state index is 0.598. The molecular weight excluding hydrogens is 236 g/mol. The van der Waals surface area contributed by atoms with E-state index in [0.717, 1.165) is 6.42 Å². The summed E-state index contributed by atoms with van der Waals surface area (Å²) in [5.41, 5.74) is 5.92. The Balaban J connectivity index is 2.05. The van der Waals surface area contributed by atoms with Crippen LogP contribution in [0.1, 0.15) is 46.2 Å². The molecule has 18 heavy (non-hydrogen) atoms. The van der Waals surface area contributed by atoms with Gasteiger partial charge in [-0.05, 0) is 59.7 Å². The molecule has 0 amide bonds. The predicted molar refractivity (Wildman–Crippen MR) is 81.2 cm³/mol. The molecule has 0 radical (unpaired) electrons. The summed E-state index contributed by atoms with van der Waals surface area (Å²) in [7, 11) is 0. The van der Waals surface area contributed by atoms with Gasteiger partial charge >= 0.3 is 0 Å². The summed E-state index contributed by atoms with van der Waals surface area (Å²) in [6, 6.07) is 11.2. The minimum atomic E-state index is 0.598. The highest BCUT2D eigenvalue weighted by molar-refractivity contribution is 7.13. The Morgan fingerprint density at radius 2 is 1.94 bits per heavy atom. The summed E-state index contributed by atoms with van der Waals surface area (Å²) >= 11 is 1.90.